The molecule has 0 aliphatic carbocycles. The van der Waals surface area contributed by atoms with E-state index in [9.17, 15) is 18.0 Å². The van der Waals surface area contributed by atoms with Crippen molar-refractivity contribution >= 4 is 28.9 Å². The molecule has 0 bridgehead atoms. The van der Waals surface area contributed by atoms with Crippen LogP contribution in [0, 0.1) is 6.92 Å². The largest absolute Gasteiger partial charge is 0.405 e. The second-order valence-corrected chi connectivity index (χ2v) is 4.26. The molecule has 0 atom stereocenters. The van der Waals surface area contributed by atoms with Gasteiger partial charge in [0, 0.05) is 11.3 Å². The highest BCUT2D eigenvalue weighted by Crippen LogP contribution is 2.17. The van der Waals surface area contributed by atoms with Gasteiger partial charge in [-0.05, 0) is 18.6 Å². The second-order valence-electron chi connectivity index (χ2n) is 3.82. The molecule has 2 amide bonds. The van der Waals surface area contributed by atoms with Gasteiger partial charge in [0.05, 0.1) is 0 Å². The minimum Gasteiger partial charge on any atom is -0.389 e. The first-order valence-corrected chi connectivity index (χ1v) is 5.62. The van der Waals surface area contributed by atoms with Crippen LogP contribution in [0.5, 0.6) is 0 Å². The summed E-state index contributed by atoms with van der Waals surface area (Å²) in [5.74, 6) is 0. The number of halogens is 3. The summed E-state index contributed by atoms with van der Waals surface area (Å²) >= 11 is 4.78. The van der Waals surface area contributed by atoms with Crippen LogP contribution in [0.3, 0.4) is 0 Å². The monoisotopic (exact) mass is 291 g/mol. The zero-order valence-corrected chi connectivity index (χ0v) is 10.8. The number of benzene rings is 1. The molecule has 8 heteroatoms. The van der Waals surface area contributed by atoms with Crippen molar-refractivity contribution < 1.29 is 18.0 Å². The number of nitrogens with one attached hydrogen (secondary N) is 2. The third-order valence-corrected chi connectivity index (χ3v) is 2.46. The number of hydrogen-bond acceptors (Lipinski definition) is 2. The van der Waals surface area contributed by atoms with Gasteiger partial charge in [-0.25, -0.2) is 4.79 Å². The molecule has 104 valence electrons. The van der Waals surface area contributed by atoms with Gasteiger partial charge in [0.15, 0.2) is 0 Å². The van der Waals surface area contributed by atoms with Crippen LogP contribution in [0.1, 0.15) is 11.1 Å². The zero-order chi connectivity index (χ0) is 14.6. The van der Waals surface area contributed by atoms with Crippen LogP contribution in [0.4, 0.5) is 23.7 Å². The number of alkyl halides is 3. The van der Waals surface area contributed by atoms with E-state index >= 15 is 0 Å². The molecule has 1 rings (SSSR count). The summed E-state index contributed by atoms with van der Waals surface area (Å²) < 4.78 is 35.8. The highest BCUT2D eigenvalue weighted by molar-refractivity contribution is 7.80. The Bertz CT molecular complexity index is 502. The van der Waals surface area contributed by atoms with Crippen molar-refractivity contribution in [2.75, 3.05) is 11.9 Å². The van der Waals surface area contributed by atoms with E-state index in [1.807, 2.05) is 0 Å². The molecule has 19 heavy (non-hydrogen) atoms. The smallest absolute Gasteiger partial charge is 0.389 e. The molecule has 0 aromatic heterocycles. The van der Waals surface area contributed by atoms with Crippen LogP contribution in [0.15, 0.2) is 18.2 Å². The predicted molar refractivity (Wildman–Crippen MR) is 70.1 cm³/mol. The number of amides is 2. The number of hydrogen-bond donors (Lipinski definition) is 3. The van der Waals surface area contributed by atoms with Gasteiger partial charge in [0.25, 0.3) is 0 Å². The van der Waals surface area contributed by atoms with Crippen LogP contribution in [-0.4, -0.2) is 23.7 Å². The number of thiocarbonyl (C=S) groups is 1. The molecule has 4 nitrogen and oxygen atoms in total. The summed E-state index contributed by atoms with van der Waals surface area (Å²) in [4.78, 5) is 11.4. The highest BCUT2D eigenvalue weighted by atomic mass is 32.1. The van der Waals surface area contributed by atoms with Crippen LogP contribution < -0.4 is 16.4 Å². The maximum absolute atomic E-state index is 11.9. The van der Waals surface area contributed by atoms with Gasteiger partial charge in [-0.2, -0.15) is 13.2 Å². The lowest BCUT2D eigenvalue weighted by Crippen LogP contribution is -2.36. The molecular weight excluding hydrogens is 279 g/mol. The Balaban J connectivity index is 2.73. The fourth-order valence-electron chi connectivity index (χ4n) is 1.26. The molecule has 0 saturated carbocycles. The van der Waals surface area contributed by atoms with Crippen molar-refractivity contribution in [1.82, 2.24) is 5.32 Å². The van der Waals surface area contributed by atoms with Gasteiger partial charge in [-0.15, -0.1) is 0 Å². The third-order valence-electron chi connectivity index (χ3n) is 2.22. The minimum absolute atomic E-state index is 0.138. The van der Waals surface area contributed by atoms with Crippen molar-refractivity contribution in [2.45, 2.75) is 13.1 Å². The van der Waals surface area contributed by atoms with Gasteiger partial charge < -0.3 is 16.4 Å². The van der Waals surface area contributed by atoms with Gasteiger partial charge in [-0.1, -0.05) is 24.4 Å². The normalized spacial score (nSPS) is 10.9. The van der Waals surface area contributed by atoms with Crippen molar-refractivity contribution in [3.05, 3.63) is 29.3 Å². The Morgan fingerprint density at radius 3 is 2.58 bits per heavy atom. The molecule has 0 fully saturated rings. The lowest BCUT2D eigenvalue weighted by molar-refractivity contribution is -0.122. The Kier molecular flexibility index (Phi) is 4.71. The fraction of sp³-hybridized carbons (Fsp3) is 0.273. The number of anilines is 1. The quantitative estimate of drug-likeness (QED) is 0.749. The number of carbonyl (C=O) groups excluding carboxylic acids is 1. The molecule has 1 aromatic carbocycles. The topological polar surface area (TPSA) is 67.1 Å². The second kappa shape index (κ2) is 5.87. The van der Waals surface area contributed by atoms with E-state index in [1.54, 1.807) is 24.4 Å². The van der Waals surface area contributed by atoms with E-state index < -0.39 is 18.8 Å². The first kappa shape index (κ1) is 15.2. The first-order valence-electron chi connectivity index (χ1n) is 5.21. The molecule has 4 N–H and O–H groups in total. The summed E-state index contributed by atoms with van der Waals surface area (Å²) in [6.07, 6.45) is -4.45. The molecule has 0 saturated heterocycles. The van der Waals surface area contributed by atoms with Crippen molar-refractivity contribution in [2.24, 2.45) is 5.73 Å². The maximum Gasteiger partial charge on any atom is 0.405 e. The summed E-state index contributed by atoms with van der Waals surface area (Å²) in [6.45, 7) is 0.301. The van der Waals surface area contributed by atoms with Crippen molar-refractivity contribution in [3.8, 4) is 0 Å². The molecule has 0 aliphatic heterocycles. The molecule has 0 unspecified atom stereocenters. The molecular formula is C11H12F3N3OS. The Labute approximate surface area is 113 Å². The third kappa shape index (κ3) is 5.12. The molecule has 1 aromatic rings. The Morgan fingerprint density at radius 1 is 1.42 bits per heavy atom. The lowest BCUT2D eigenvalue weighted by Gasteiger charge is -2.12. The van der Waals surface area contributed by atoms with E-state index in [2.05, 4.69) is 5.32 Å². The van der Waals surface area contributed by atoms with Gasteiger partial charge in [0.1, 0.15) is 11.5 Å². The Morgan fingerprint density at radius 2 is 2.05 bits per heavy atom. The summed E-state index contributed by atoms with van der Waals surface area (Å²) in [5.41, 5.74) is 6.99. The van der Waals surface area contributed by atoms with E-state index in [1.165, 1.54) is 6.07 Å². The Hall–Kier alpha value is -1.83. The van der Waals surface area contributed by atoms with Gasteiger partial charge in [0.2, 0.25) is 0 Å². The van der Waals surface area contributed by atoms with Gasteiger partial charge >= 0.3 is 12.2 Å². The predicted octanol–water partition coefficient (Wildman–Crippen LogP) is 2.31. The van der Waals surface area contributed by atoms with E-state index in [4.69, 9.17) is 18.0 Å². The van der Waals surface area contributed by atoms with Crippen molar-refractivity contribution in [1.29, 1.82) is 0 Å². The summed E-state index contributed by atoms with van der Waals surface area (Å²) in [5, 5.41) is 4.02. The number of urea groups is 1. The van der Waals surface area contributed by atoms with E-state index in [-0.39, 0.29) is 4.99 Å². The van der Waals surface area contributed by atoms with Crippen LogP contribution in [-0.2, 0) is 0 Å². The lowest BCUT2D eigenvalue weighted by atomic mass is 10.1. The van der Waals surface area contributed by atoms with Crippen LogP contribution >= 0.6 is 12.2 Å². The minimum atomic E-state index is -4.45. The molecule has 0 radical (unpaired) electrons. The number of aryl methyl sites for hydroxylation is 1. The summed E-state index contributed by atoms with van der Waals surface area (Å²) in [6, 6.07) is 3.88. The molecule has 0 spiro atoms. The summed E-state index contributed by atoms with van der Waals surface area (Å²) in [7, 11) is 0. The van der Waals surface area contributed by atoms with E-state index in [0.29, 0.717) is 16.8 Å². The molecule has 0 aliphatic rings. The van der Waals surface area contributed by atoms with Crippen LogP contribution in [0.2, 0.25) is 0 Å². The first-order chi connectivity index (χ1) is 8.69. The SMILES string of the molecule is Cc1ccc(C(N)=S)cc1NC(=O)NCC(F)(F)F. The number of nitrogens with two attached hydrogens (primary N) is 1. The molecule has 0 heterocycles. The average Bonchev–Trinajstić information content (AvgIpc) is 2.28. The number of carbonyl (C=O) groups is 1. The standard InChI is InChI=1S/C11H12F3N3OS/c1-6-2-3-7(9(15)19)4-8(6)17-10(18)16-5-11(12,13)14/h2-4H,5H2,1H3,(H2,15,19)(H2,16,17,18). The number of rotatable bonds is 3. The van der Waals surface area contributed by atoms with Crippen molar-refractivity contribution in [3.63, 3.8) is 0 Å². The highest BCUT2D eigenvalue weighted by Gasteiger charge is 2.27. The maximum atomic E-state index is 11.9. The van der Waals surface area contributed by atoms with Gasteiger partial charge in [-0.3, -0.25) is 0 Å². The van der Waals surface area contributed by atoms with Crippen LogP contribution in [0.25, 0.3) is 0 Å². The zero-order valence-electron chi connectivity index (χ0n) is 9.97. The average molecular weight is 291 g/mol. The van der Waals surface area contributed by atoms with E-state index in [0.717, 1.165) is 0 Å². The fourth-order valence-corrected chi connectivity index (χ4v) is 1.38.